The van der Waals surface area contributed by atoms with Gasteiger partial charge in [0.15, 0.2) is 0 Å². The zero-order chi connectivity index (χ0) is 13.5. The smallest absolute Gasteiger partial charge is 0.245 e. The van der Waals surface area contributed by atoms with Gasteiger partial charge in [0.1, 0.15) is 10.5 Å². The molecule has 7 heteroatoms. The number of aromatic amines is 1. The lowest BCUT2D eigenvalue weighted by Gasteiger charge is -2.28. The summed E-state index contributed by atoms with van der Waals surface area (Å²) in [5.41, 5.74) is 0.554. The highest BCUT2D eigenvalue weighted by atomic mass is 32.2. The van der Waals surface area contributed by atoms with Gasteiger partial charge >= 0.3 is 0 Å². The van der Waals surface area contributed by atoms with E-state index in [0.29, 0.717) is 30.4 Å². The summed E-state index contributed by atoms with van der Waals surface area (Å²) in [4.78, 5) is 7.18. The Kier molecular flexibility index (Phi) is 3.04. The third kappa shape index (κ3) is 2.13. The summed E-state index contributed by atoms with van der Waals surface area (Å²) in [7, 11) is -3.58. The van der Waals surface area contributed by atoms with Gasteiger partial charge in [0.2, 0.25) is 10.0 Å². The summed E-state index contributed by atoms with van der Waals surface area (Å²) >= 11 is 0. The van der Waals surface area contributed by atoms with Crippen LogP contribution < -0.4 is 0 Å². The molecule has 0 saturated carbocycles. The van der Waals surface area contributed by atoms with Crippen LogP contribution in [0.25, 0.3) is 11.0 Å². The normalized spacial score (nSPS) is 21.8. The van der Waals surface area contributed by atoms with Crippen LogP contribution in [0.2, 0.25) is 0 Å². The number of aliphatic hydroxyl groups is 1. The fourth-order valence-electron chi connectivity index (χ4n) is 2.42. The fourth-order valence-corrected chi connectivity index (χ4v) is 4.09. The van der Waals surface area contributed by atoms with Crippen molar-refractivity contribution in [2.24, 2.45) is 0 Å². The maximum absolute atomic E-state index is 12.6. The molecule has 0 amide bonds. The molecule has 6 nitrogen and oxygen atoms in total. The Morgan fingerprint density at radius 2 is 2.32 bits per heavy atom. The molecule has 3 rings (SSSR count). The van der Waals surface area contributed by atoms with Crippen LogP contribution in [-0.4, -0.2) is 47.0 Å². The molecule has 0 aromatic carbocycles. The van der Waals surface area contributed by atoms with E-state index in [2.05, 4.69) is 9.97 Å². The lowest BCUT2D eigenvalue weighted by Crippen LogP contribution is -2.42. The van der Waals surface area contributed by atoms with Gasteiger partial charge in [-0.05, 0) is 25.0 Å². The summed E-state index contributed by atoms with van der Waals surface area (Å²) in [6.07, 6.45) is 3.84. The van der Waals surface area contributed by atoms with E-state index in [1.54, 1.807) is 18.3 Å². The van der Waals surface area contributed by atoms with E-state index in [9.17, 15) is 13.5 Å². The van der Waals surface area contributed by atoms with Crippen LogP contribution in [0.5, 0.6) is 0 Å². The topological polar surface area (TPSA) is 86.3 Å². The van der Waals surface area contributed by atoms with Crippen molar-refractivity contribution < 1.29 is 13.5 Å². The number of β-amino-alcohol motifs (C(OH)–C–C–N with tert-alkyl or cyclic N) is 1. The van der Waals surface area contributed by atoms with E-state index in [1.165, 1.54) is 10.5 Å². The molecule has 0 bridgehead atoms. The molecule has 1 aliphatic rings. The third-order valence-corrected chi connectivity index (χ3v) is 5.30. The molecule has 0 spiro atoms. The third-order valence-electron chi connectivity index (χ3n) is 3.39. The first-order valence-electron chi connectivity index (χ1n) is 6.19. The number of sulfonamides is 1. The first-order valence-corrected chi connectivity index (χ1v) is 7.63. The van der Waals surface area contributed by atoms with Crippen molar-refractivity contribution in [3.63, 3.8) is 0 Å². The Morgan fingerprint density at radius 3 is 3.11 bits per heavy atom. The zero-order valence-electron chi connectivity index (χ0n) is 10.3. The standard InChI is InChI=1S/C12H15N3O3S/c16-9-3-2-6-15(8-9)19(17,18)11-7-14-12-10(11)4-1-5-13-12/h1,4-5,7,9,16H,2-3,6,8H2,(H,13,14). The van der Waals surface area contributed by atoms with Gasteiger partial charge in [-0.2, -0.15) is 4.31 Å². The quantitative estimate of drug-likeness (QED) is 0.848. The molecular formula is C12H15N3O3S. The lowest BCUT2D eigenvalue weighted by atomic mass is 10.1. The number of H-pyrrole nitrogens is 1. The van der Waals surface area contributed by atoms with Crippen molar-refractivity contribution in [1.29, 1.82) is 0 Å². The Balaban J connectivity index is 2.04. The Labute approximate surface area is 111 Å². The number of hydrogen-bond acceptors (Lipinski definition) is 4. The number of hydrogen-bond donors (Lipinski definition) is 2. The van der Waals surface area contributed by atoms with Gasteiger partial charge in [-0.3, -0.25) is 0 Å². The number of nitrogens with one attached hydrogen (secondary N) is 1. The van der Waals surface area contributed by atoms with Crippen LogP contribution in [0.3, 0.4) is 0 Å². The number of nitrogens with zero attached hydrogens (tertiary/aromatic N) is 2. The van der Waals surface area contributed by atoms with Gasteiger partial charge < -0.3 is 10.1 Å². The highest BCUT2D eigenvalue weighted by Crippen LogP contribution is 2.26. The second kappa shape index (κ2) is 4.59. The summed E-state index contributed by atoms with van der Waals surface area (Å²) in [5, 5.41) is 10.2. The minimum absolute atomic E-state index is 0.162. The van der Waals surface area contributed by atoms with Crippen LogP contribution >= 0.6 is 0 Å². The molecule has 1 fully saturated rings. The number of aliphatic hydroxyl groups excluding tert-OH is 1. The summed E-state index contributed by atoms with van der Waals surface area (Å²) in [5.74, 6) is 0. The monoisotopic (exact) mass is 281 g/mol. The predicted octanol–water partition coefficient (Wildman–Crippen LogP) is 0.708. The zero-order valence-corrected chi connectivity index (χ0v) is 11.1. The molecule has 1 atom stereocenters. The fraction of sp³-hybridized carbons (Fsp3) is 0.417. The molecule has 0 aliphatic carbocycles. The van der Waals surface area contributed by atoms with Gasteiger partial charge in [0, 0.05) is 30.9 Å². The van der Waals surface area contributed by atoms with Crippen molar-refractivity contribution in [2.45, 2.75) is 23.8 Å². The van der Waals surface area contributed by atoms with Crippen molar-refractivity contribution in [3.05, 3.63) is 24.5 Å². The van der Waals surface area contributed by atoms with Crippen LogP contribution in [0, 0.1) is 0 Å². The van der Waals surface area contributed by atoms with E-state index >= 15 is 0 Å². The number of piperidine rings is 1. The van der Waals surface area contributed by atoms with Crippen LogP contribution in [0.4, 0.5) is 0 Å². The molecule has 2 aromatic rings. The van der Waals surface area contributed by atoms with Crippen LogP contribution in [-0.2, 0) is 10.0 Å². The first-order chi connectivity index (χ1) is 9.09. The van der Waals surface area contributed by atoms with Gasteiger partial charge in [-0.1, -0.05) is 0 Å². The average molecular weight is 281 g/mol. The SMILES string of the molecule is O=S(=O)(c1c[nH]c2ncccc12)N1CCCC(O)C1. The molecule has 0 radical (unpaired) electrons. The van der Waals surface area contributed by atoms with E-state index < -0.39 is 16.1 Å². The molecule has 2 N–H and O–H groups in total. The summed E-state index contributed by atoms with van der Waals surface area (Å²) < 4.78 is 26.5. The van der Waals surface area contributed by atoms with E-state index in [4.69, 9.17) is 0 Å². The molecule has 3 heterocycles. The second-order valence-electron chi connectivity index (χ2n) is 4.71. The number of fused-ring (bicyclic) bond motifs is 1. The molecule has 102 valence electrons. The van der Waals surface area contributed by atoms with E-state index in [-0.39, 0.29) is 11.4 Å². The lowest BCUT2D eigenvalue weighted by molar-refractivity contribution is 0.108. The van der Waals surface area contributed by atoms with Crippen molar-refractivity contribution in [1.82, 2.24) is 14.3 Å². The summed E-state index contributed by atoms with van der Waals surface area (Å²) in [6, 6.07) is 3.44. The van der Waals surface area contributed by atoms with Crippen molar-refractivity contribution >= 4 is 21.1 Å². The Morgan fingerprint density at radius 1 is 1.47 bits per heavy atom. The van der Waals surface area contributed by atoms with E-state index in [0.717, 1.165) is 0 Å². The molecule has 1 saturated heterocycles. The number of aromatic nitrogens is 2. The average Bonchev–Trinajstić information content (AvgIpc) is 2.83. The predicted molar refractivity (Wildman–Crippen MR) is 70.1 cm³/mol. The van der Waals surface area contributed by atoms with Gasteiger partial charge in [0.05, 0.1) is 6.10 Å². The van der Waals surface area contributed by atoms with Gasteiger partial charge in [-0.25, -0.2) is 13.4 Å². The first kappa shape index (κ1) is 12.6. The maximum Gasteiger partial charge on any atom is 0.245 e. The molecule has 1 aliphatic heterocycles. The molecule has 19 heavy (non-hydrogen) atoms. The van der Waals surface area contributed by atoms with Crippen LogP contribution in [0.1, 0.15) is 12.8 Å². The molecular weight excluding hydrogens is 266 g/mol. The Bertz CT molecular complexity index is 695. The van der Waals surface area contributed by atoms with Crippen molar-refractivity contribution in [2.75, 3.05) is 13.1 Å². The summed E-state index contributed by atoms with van der Waals surface area (Å²) in [6.45, 7) is 0.613. The molecule has 2 aromatic heterocycles. The highest BCUT2D eigenvalue weighted by molar-refractivity contribution is 7.89. The van der Waals surface area contributed by atoms with E-state index in [1.807, 2.05) is 0 Å². The maximum atomic E-state index is 12.6. The van der Waals surface area contributed by atoms with Gasteiger partial charge in [-0.15, -0.1) is 0 Å². The van der Waals surface area contributed by atoms with Crippen LogP contribution in [0.15, 0.2) is 29.4 Å². The van der Waals surface area contributed by atoms with Crippen molar-refractivity contribution in [3.8, 4) is 0 Å². The number of pyridine rings is 1. The minimum atomic E-state index is -3.58. The van der Waals surface area contributed by atoms with Gasteiger partial charge in [0.25, 0.3) is 0 Å². The Hall–Kier alpha value is -1.44. The molecule has 1 unspecified atom stereocenters. The largest absolute Gasteiger partial charge is 0.392 e. The number of rotatable bonds is 2. The second-order valence-corrected chi connectivity index (χ2v) is 6.62. The minimum Gasteiger partial charge on any atom is -0.392 e. The highest BCUT2D eigenvalue weighted by Gasteiger charge is 2.31.